The summed E-state index contributed by atoms with van der Waals surface area (Å²) >= 11 is 0. The SMILES string of the molecule is CCNC(=NCC(C)(C)NC(=O)OC(C)(C)C)NCCc1nnc2n1CCCCC2. The summed E-state index contributed by atoms with van der Waals surface area (Å²) in [6, 6.07) is 0. The lowest BCUT2D eigenvalue weighted by molar-refractivity contribution is 0.0476. The Morgan fingerprint density at radius 1 is 1.13 bits per heavy atom. The number of carbonyl (C=O) groups is 1. The highest BCUT2D eigenvalue weighted by Crippen LogP contribution is 2.14. The second-order valence-corrected chi connectivity index (χ2v) is 9.38. The summed E-state index contributed by atoms with van der Waals surface area (Å²) in [6.45, 7) is 14.3. The predicted octanol–water partition coefficient (Wildman–Crippen LogP) is 2.41. The van der Waals surface area contributed by atoms with Gasteiger partial charge < -0.3 is 25.3 Å². The molecule has 0 unspecified atom stereocenters. The zero-order chi connectivity index (χ0) is 22.2. The van der Waals surface area contributed by atoms with Gasteiger partial charge in [0.15, 0.2) is 5.96 Å². The minimum absolute atomic E-state index is 0.419. The summed E-state index contributed by atoms with van der Waals surface area (Å²) in [5, 5.41) is 18.2. The lowest BCUT2D eigenvalue weighted by Gasteiger charge is -2.27. The second kappa shape index (κ2) is 10.6. The summed E-state index contributed by atoms with van der Waals surface area (Å²) in [7, 11) is 0. The zero-order valence-corrected chi connectivity index (χ0v) is 19.5. The fourth-order valence-electron chi connectivity index (χ4n) is 3.26. The molecule has 9 heteroatoms. The number of hydrogen-bond acceptors (Lipinski definition) is 5. The highest BCUT2D eigenvalue weighted by Gasteiger charge is 2.24. The molecule has 0 spiro atoms. The lowest BCUT2D eigenvalue weighted by Crippen LogP contribution is -2.49. The average Bonchev–Trinajstić information content (AvgIpc) is 2.84. The van der Waals surface area contributed by atoms with Gasteiger partial charge in [0.25, 0.3) is 0 Å². The molecule has 0 atom stereocenters. The number of aliphatic imine (C=N–C) groups is 1. The van der Waals surface area contributed by atoms with Crippen LogP contribution in [0, 0.1) is 0 Å². The number of guanidine groups is 1. The molecule has 0 aromatic carbocycles. The Labute approximate surface area is 180 Å². The van der Waals surface area contributed by atoms with Crippen molar-refractivity contribution in [3.05, 3.63) is 11.6 Å². The van der Waals surface area contributed by atoms with Gasteiger partial charge in [0.05, 0.1) is 12.1 Å². The quantitative estimate of drug-likeness (QED) is 0.461. The number of rotatable bonds is 7. The van der Waals surface area contributed by atoms with E-state index in [0.29, 0.717) is 19.0 Å². The molecule has 3 N–H and O–H groups in total. The van der Waals surface area contributed by atoms with E-state index in [9.17, 15) is 4.79 Å². The van der Waals surface area contributed by atoms with E-state index in [0.717, 1.165) is 37.6 Å². The molecule has 0 saturated carbocycles. The largest absolute Gasteiger partial charge is 0.444 e. The van der Waals surface area contributed by atoms with E-state index in [4.69, 9.17) is 4.74 Å². The first-order valence-corrected chi connectivity index (χ1v) is 11.0. The summed E-state index contributed by atoms with van der Waals surface area (Å²) in [4.78, 5) is 16.7. The van der Waals surface area contributed by atoms with Crippen molar-refractivity contribution < 1.29 is 9.53 Å². The van der Waals surface area contributed by atoms with E-state index >= 15 is 0 Å². The van der Waals surface area contributed by atoms with Crippen LogP contribution in [-0.4, -0.2) is 57.6 Å². The molecule has 1 aromatic heterocycles. The van der Waals surface area contributed by atoms with Crippen LogP contribution in [-0.2, 0) is 24.1 Å². The van der Waals surface area contributed by atoms with Crippen molar-refractivity contribution in [2.24, 2.45) is 4.99 Å². The van der Waals surface area contributed by atoms with Gasteiger partial charge in [-0.3, -0.25) is 4.99 Å². The van der Waals surface area contributed by atoms with Gasteiger partial charge in [0.2, 0.25) is 0 Å². The molecular formula is C21H39N7O2. The topological polar surface area (TPSA) is 105 Å². The Bertz CT molecular complexity index is 719. The van der Waals surface area contributed by atoms with Gasteiger partial charge in [0, 0.05) is 32.5 Å². The molecule has 0 fully saturated rings. The van der Waals surface area contributed by atoms with Gasteiger partial charge in [-0.05, 0) is 54.4 Å². The van der Waals surface area contributed by atoms with Crippen molar-refractivity contribution in [3.8, 4) is 0 Å². The first-order chi connectivity index (χ1) is 14.1. The number of ether oxygens (including phenoxy) is 1. The summed E-state index contributed by atoms with van der Waals surface area (Å²) in [5.74, 6) is 2.85. The predicted molar refractivity (Wildman–Crippen MR) is 119 cm³/mol. The number of nitrogens with zero attached hydrogens (tertiary/aromatic N) is 4. The summed E-state index contributed by atoms with van der Waals surface area (Å²) in [5.41, 5.74) is -1.06. The third-order valence-corrected chi connectivity index (χ3v) is 4.64. The van der Waals surface area contributed by atoms with Gasteiger partial charge in [0.1, 0.15) is 17.2 Å². The molecule has 1 aliphatic rings. The van der Waals surface area contributed by atoms with Gasteiger partial charge in [-0.15, -0.1) is 10.2 Å². The molecule has 1 aliphatic heterocycles. The Balaban J connectivity index is 1.88. The van der Waals surface area contributed by atoms with Gasteiger partial charge in [-0.25, -0.2) is 4.79 Å². The van der Waals surface area contributed by atoms with E-state index in [1.807, 2.05) is 41.5 Å². The molecule has 1 amide bonds. The minimum Gasteiger partial charge on any atom is -0.444 e. The fraction of sp³-hybridized carbons (Fsp3) is 0.810. The third-order valence-electron chi connectivity index (χ3n) is 4.64. The maximum atomic E-state index is 12.1. The number of amides is 1. The van der Waals surface area contributed by atoms with Crippen LogP contribution in [0.2, 0.25) is 0 Å². The molecular weight excluding hydrogens is 382 g/mol. The Hall–Kier alpha value is -2.32. The van der Waals surface area contributed by atoms with Gasteiger partial charge in [-0.1, -0.05) is 6.42 Å². The first kappa shape index (κ1) is 24.0. The van der Waals surface area contributed by atoms with Crippen molar-refractivity contribution >= 4 is 12.1 Å². The molecule has 170 valence electrons. The monoisotopic (exact) mass is 421 g/mol. The number of hydrogen-bond donors (Lipinski definition) is 3. The highest BCUT2D eigenvalue weighted by atomic mass is 16.6. The van der Waals surface area contributed by atoms with Crippen LogP contribution in [0.4, 0.5) is 4.79 Å². The number of aryl methyl sites for hydroxylation is 1. The first-order valence-electron chi connectivity index (χ1n) is 11.0. The molecule has 1 aromatic rings. The Morgan fingerprint density at radius 2 is 1.90 bits per heavy atom. The lowest BCUT2D eigenvalue weighted by atomic mass is 10.1. The Kier molecular flexibility index (Phi) is 8.49. The molecule has 0 bridgehead atoms. The number of aromatic nitrogens is 3. The van der Waals surface area contributed by atoms with Crippen LogP contribution in [0.3, 0.4) is 0 Å². The molecule has 0 aliphatic carbocycles. The minimum atomic E-state index is -0.533. The van der Waals surface area contributed by atoms with Gasteiger partial charge in [-0.2, -0.15) is 0 Å². The molecule has 0 radical (unpaired) electrons. The van der Waals surface area contributed by atoms with Crippen molar-refractivity contribution in [1.82, 2.24) is 30.7 Å². The van der Waals surface area contributed by atoms with Crippen LogP contribution in [0.5, 0.6) is 0 Å². The molecule has 2 rings (SSSR count). The van der Waals surface area contributed by atoms with Crippen molar-refractivity contribution in [3.63, 3.8) is 0 Å². The maximum absolute atomic E-state index is 12.1. The van der Waals surface area contributed by atoms with E-state index in [1.54, 1.807) is 0 Å². The van der Waals surface area contributed by atoms with E-state index in [2.05, 4.69) is 35.7 Å². The van der Waals surface area contributed by atoms with E-state index < -0.39 is 17.2 Å². The standard InChI is InChI=1S/C21H39N7O2/c1-7-22-18(24-15-21(5,6)25-19(29)30-20(2,3)4)23-13-12-17-27-26-16-11-9-8-10-14-28(16)17/h7-15H2,1-6H3,(H,25,29)(H2,22,23,24). The summed E-state index contributed by atoms with van der Waals surface area (Å²) < 4.78 is 7.61. The second-order valence-electron chi connectivity index (χ2n) is 9.38. The van der Waals surface area contributed by atoms with E-state index in [-0.39, 0.29) is 0 Å². The zero-order valence-electron chi connectivity index (χ0n) is 19.5. The molecule has 30 heavy (non-hydrogen) atoms. The number of carbonyl (C=O) groups excluding carboxylic acids is 1. The molecule has 2 heterocycles. The Morgan fingerprint density at radius 3 is 2.60 bits per heavy atom. The maximum Gasteiger partial charge on any atom is 0.408 e. The highest BCUT2D eigenvalue weighted by molar-refractivity contribution is 5.79. The number of fused-ring (bicyclic) bond motifs is 1. The van der Waals surface area contributed by atoms with Crippen molar-refractivity contribution in [2.75, 3.05) is 19.6 Å². The fourth-order valence-corrected chi connectivity index (χ4v) is 3.26. The smallest absolute Gasteiger partial charge is 0.408 e. The van der Waals surface area contributed by atoms with Crippen LogP contribution in [0.15, 0.2) is 4.99 Å². The molecule has 0 saturated heterocycles. The number of nitrogens with one attached hydrogen (secondary N) is 3. The summed E-state index contributed by atoms with van der Waals surface area (Å²) in [6.07, 6.45) is 5.01. The van der Waals surface area contributed by atoms with Crippen LogP contribution < -0.4 is 16.0 Å². The van der Waals surface area contributed by atoms with Crippen LogP contribution in [0.1, 0.15) is 72.5 Å². The normalized spacial score (nSPS) is 15.2. The van der Waals surface area contributed by atoms with Crippen LogP contribution >= 0.6 is 0 Å². The number of alkyl carbamates (subject to hydrolysis) is 1. The van der Waals surface area contributed by atoms with Crippen molar-refractivity contribution in [2.45, 2.75) is 91.3 Å². The third kappa shape index (κ3) is 8.20. The van der Waals surface area contributed by atoms with E-state index in [1.165, 1.54) is 19.3 Å². The average molecular weight is 422 g/mol. The molecule has 9 nitrogen and oxygen atoms in total. The van der Waals surface area contributed by atoms with Gasteiger partial charge >= 0.3 is 6.09 Å². The van der Waals surface area contributed by atoms with Crippen LogP contribution in [0.25, 0.3) is 0 Å². The van der Waals surface area contributed by atoms with Crippen molar-refractivity contribution in [1.29, 1.82) is 0 Å².